The van der Waals surface area contributed by atoms with Crippen molar-refractivity contribution in [2.75, 3.05) is 13.4 Å². The number of fused-ring (bicyclic) bond motifs is 1. The van der Waals surface area contributed by atoms with E-state index in [4.69, 9.17) is 21.2 Å². The summed E-state index contributed by atoms with van der Waals surface area (Å²) in [4.78, 5) is 33.7. The molecule has 6 nitrogen and oxygen atoms in total. The minimum atomic E-state index is -4.64. The molecule has 0 atom stereocenters. The minimum absolute atomic E-state index is 0.290. The highest BCUT2D eigenvalue weighted by atomic mass is 35.5. The van der Waals surface area contributed by atoms with Crippen molar-refractivity contribution in [1.29, 1.82) is 0 Å². The van der Waals surface area contributed by atoms with Gasteiger partial charge in [0.1, 0.15) is 4.88 Å². The fourth-order valence-corrected chi connectivity index (χ4v) is 5.61. The molecule has 32 heavy (non-hydrogen) atoms. The highest BCUT2D eigenvalue weighted by molar-refractivity contribution is 8.00. The van der Waals surface area contributed by atoms with E-state index in [-0.39, 0.29) is 5.41 Å². The number of hydrogen-bond donors (Lipinski definition) is 0. The van der Waals surface area contributed by atoms with E-state index in [9.17, 15) is 22.8 Å². The topological polar surface area (TPSA) is 77.9 Å². The second kappa shape index (κ2) is 9.03. The number of hydrogen-bond acceptors (Lipinski definition) is 8. The summed E-state index contributed by atoms with van der Waals surface area (Å²) < 4.78 is 44.1. The maximum absolute atomic E-state index is 12.8. The summed E-state index contributed by atoms with van der Waals surface area (Å²) in [7, 11) is 1.30. The first kappa shape index (κ1) is 24.5. The molecule has 0 saturated carbocycles. The van der Waals surface area contributed by atoms with Crippen LogP contribution in [-0.2, 0) is 22.2 Å². The van der Waals surface area contributed by atoms with Crippen LogP contribution in [0.15, 0.2) is 21.6 Å². The average Bonchev–Trinajstić information content (AvgIpc) is 3.07. The van der Waals surface area contributed by atoms with Crippen molar-refractivity contribution in [1.82, 2.24) is 4.98 Å². The van der Waals surface area contributed by atoms with Gasteiger partial charge in [0.25, 0.3) is 0 Å². The molecule has 0 fully saturated rings. The quantitative estimate of drug-likeness (QED) is 0.224. The third-order valence-electron chi connectivity index (χ3n) is 4.72. The fraction of sp³-hybridized carbons (Fsp3) is 0.400. The van der Waals surface area contributed by atoms with E-state index in [1.165, 1.54) is 30.2 Å². The van der Waals surface area contributed by atoms with Gasteiger partial charge in [-0.2, -0.15) is 13.2 Å². The van der Waals surface area contributed by atoms with Crippen LogP contribution in [0.5, 0.6) is 0 Å². The highest BCUT2D eigenvalue weighted by Gasteiger charge is 2.37. The number of aromatic nitrogens is 1. The summed E-state index contributed by atoms with van der Waals surface area (Å²) >= 11 is 8.51. The van der Waals surface area contributed by atoms with E-state index in [0.29, 0.717) is 41.3 Å². The molecule has 0 saturated heterocycles. The smallest absolute Gasteiger partial charge is 0.417 e. The molecule has 12 heteroatoms. The van der Waals surface area contributed by atoms with E-state index < -0.39 is 34.4 Å². The summed E-state index contributed by atoms with van der Waals surface area (Å²) in [6, 6.07) is 0.605. The Morgan fingerprint density at radius 2 is 1.97 bits per heavy atom. The lowest BCUT2D eigenvalue weighted by atomic mass is 9.74. The van der Waals surface area contributed by atoms with Crippen molar-refractivity contribution < 1.29 is 32.3 Å². The average molecular weight is 507 g/mol. The van der Waals surface area contributed by atoms with E-state index in [0.717, 1.165) is 9.77 Å². The third-order valence-corrected chi connectivity index (χ3v) is 7.34. The standard InChI is InChI=1S/C20H18ClF3N2O4S2/c1-19(2)6-10-13(18(31-4)32-15(10)17(28)29-3)12(7-19)26-30-16(27)14-11(21)5-9(8-25-14)20(22,23)24/h5,8H,6-7H2,1-4H3/b26-12-. The molecular formula is C20H18ClF3N2O4S2. The maximum atomic E-state index is 12.8. The number of alkyl halides is 3. The molecule has 0 unspecified atom stereocenters. The van der Waals surface area contributed by atoms with Crippen LogP contribution in [0.25, 0.3) is 0 Å². The van der Waals surface area contributed by atoms with Crippen LogP contribution in [0.4, 0.5) is 13.2 Å². The Hall–Kier alpha value is -2.11. The number of nitrogens with zero attached hydrogens (tertiary/aromatic N) is 2. The summed E-state index contributed by atoms with van der Waals surface area (Å²) in [5.74, 6) is -1.54. The third kappa shape index (κ3) is 4.94. The molecule has 0 radical (unpaired) electrons. The van der Waals surface area contributed by atoms with Gasteiger partial charge < -0.3 is 9.57 Å². The first-order valence-corrected chi connectivity index (χ1v) is 11.6. The number of halogens is 4. The molecule has 0 aromatic carbocycles. The van der Waals surface area contributed by atoms with Crippen molar-refractivity contribution in [2.24, 2.45) is 10.6 Å². The maximum Gasteiger partial charge on any atom is 0.417 e. The Morgan fingerprint density at radius 1 is 1.28 bits per heavy atom. The van der Waals surface area contributed by atoms with Crippen molar-refractivity contribution in [2.45, 2.75) is 37.1 Å². The second-order valence-electron chi connectivity index (χ2n) is 7.75. The van der Waals surface area contributed by atoms with Gasteiger partial charge in [-0.05, 0) is 36.1 Å². The molecule has 0 N–H and O–H groups in total. The normalized spacial score (nSPS) is 16.6. The van der Waals surface area contributed by atoms with Gasteiger partial charge in [-0.15, -0.1) is 23.1 Å². The fourth-order valence-electron chi connectivity index (χ4n) is 3.35. The molecule has 0 aliphatic heterocycles. The molecule has 2 aromatic rings. The lowest BCUT2D eigenvalue weighted by Crippen LogP contribution is -2.28. The lowest BCUT2D eigenvalue weighted by molar-refractivity contribution is -0.137. The molecule has 0 bridgehead atoms. The number of thiophene rings is 1. The van der Waals surface area contributed by atoms with E-state index in [2.05, 4.69) is 10.1 Å². The molecular weight excluding hydrogens is 489 g/mol. The number of thioether (sulfide) groups is 1. The Kier molecular flexibility index (Phi) is 6.92. The van der Waals surface area contributed by atoms with Crippen LogP contribution in [0.3, 0.4) is 0 Å². The zero-order valence-electron chi connectivity index (χ0n) is 17.4. The zero-order chi connectivity index (χ0) is 23.8. The molecule has 3 rings (SSSR count). The number of methoxy groups -OCH3 is 1. The van der Waals surface area contributed by atoms with Crippen molar-refractivity contribution in [3.8, 4) is 0 Å². The van der Waals surface area contributed by atoms with Gasteiger partial charge in [0.05, 0.1) is 27.6 Å². The molecule has 0 amide bonds. The minimum Gasteiger partial charge on any atom is -0.465 e. The van der Waals surface area contributed by atoms with Crippen LogP contribution >= 0.6 is 34.7 Å². The summed E-state index contributed by atoms with van der Waals surface area (Å²) in [5, 5.41) is 3.51. The van der Waals surface area contributed by atoms with Gasteiger partial charge >= 0.3 is 18.1 Å². The van der Waals surface area contributed by atoms with Crippen molar-refractivity contribution in [3.05, 3.63) is 44.5 Å². The van der Waals surface area contributed by atoms with Crippen molar-refractivity contribution in [3.63, 3.8) is 0 Å². The molecule has 1 aliphatic carbocycles. The Morgan fingerprint density at radius 3 is 2.53 bits per heavy atom. The number of oxime groups is 1. The van der Waals surface area contributed by atoms with Gasteiger partial charge in [0, 0.05) is 11.8 Å². The van der Waals surface area contributed by atoms with Crippen LogP contribution in [0.2, 0.25) is 5.02 Å². The monoisotopic (exact) mass is 506 g/mol. The SMILES string of the molecule is COC(=O)c1sc(SC)c2c1CC(C)(C)C/C2=N/OC(=O)c1ncc(C(F)(F)F)cc1Cl. The first-order chi connectivity index (χ1) is 14.9. The Bertz CT molecular complexity index is 1110. The zero-order valence-corrected chi connectivity index (χ0v) is 19.8. The predicted octanol–water partition coefficient (Wildman–Crippen LogP) is 5.86. The number of esters is 1. The van der Waals surface area contributed by atoms with Gasteiger partial charge in [-0.3, -0.25) is 0 Å². The molecule has 172 valence electrons. The van der Waals surface area contributed by atoms with Gasteiger partial charge in [0.2, 0.25) is 0 Å². The number of pyridine rings is 1. The highest BCUT2D eigenvalue weighted by Crippen LogP contribution is 2.45. The van der Waals surface area contributed by atoms with Gasteiger partial charge in [-0.25, -0.2) is 14.6 Å². The molecule has 2 heterocycles. The number of carbonyl (C=O) groups excluding carboxylic acids is 2. The van der Waals surface area contributed by atoms with Gasteiger partial charge in [-0.1, -0.05) is 30.6 Å². The first-order valence-electron chi connectivity index (χ1n) is 9.17. The Balaban J connectivity index is 1.97. The van der Waals surface area contributed by atoms with Crippen molar-refractivity contribution >= 4 is 52.3 Å². The number of carbonyl (C=O) groups is 2. The lowest BCUT2D eigenvalue weighted by Gasteiger charge is -2.31. The predicted molar refractivity (Wildman–Crippen MR) is 116 cm³/mol. The number of ether oxygens (including phenoxy) is 1. The second-order valence-corrected chi connectivity index (χ2v) is 10.3. The summed E-state index contributed by atoms with van der Waals surface area (Å²) in [6.07, 6.45) is -1.24. The van der Waals surface area contributed by atoms with E-state index in [1.807, 2.05) is 20.1 Å². The largest absolute Gasteiger partial charge is 0.465 e. The summed E-state index contributed by atoms with van der Waals surface area (Å²) in [6.45, 7) is 3.97. The van der Waals surface area contributed by atoms with Crippen LogP contribution in [-0.4, -0.2) is 36.0 Å². The molecule has 1 aliphatic rings. The van der Waals surface area contributed by atoms with Crippen LogP contribution in [0, 0.1) is 5.41 Å². The Labute approximate surface area is 195 Å². The summed E-state index contributed by atoms with van der Waals surface area (Å²) in [5.41, 5.74) is 0.0715. The molecule has 0 spiro atoms. The van der Waals surface area contributed by atoms with Crippen LogP contribution in [0.1, 0.15) is 57.1 Å². The molecule has 2 aromatic heterocycles. The van der Waals surface area contributed by atoms with E-state index >= 15 is 0 Å². The van der Waals surface area contributed by atoms with E-state index in [1.54, 1.807) is 0 Å². The van der Waals surface area contributed by atoms with Gasteiger partial charge in [0.15, 0.2) is 5.69 Å². The number of rotatable bonds is 4. The van der Waals surface area contributed by atoms with Crippen LogP contribution < -0.4 is 0 Å².